The van der Waals surface area contributed by atoms with Gasteiger partial charge >= 0.3 is 0 Å². The zero-order valence-corrected chi connectivity index (χ0v) is 7.90. The van der Waals surface area contributed by atoms with Gasteiger partial charge in [-0.05, 0) is 0 Å². The van der Waals surface area contributed by atoms with E-state index < -0.39 is 0 Å². The molecule has 5 heteroatoms. The lowest BCUT2D eigenvalue weighted by molar-refractivity contribution is 0.703. The Kier molecular flexibility index (Phi) is 3.02. The SMILES string of the molecule is CN(CCN)c1cnn(C)c(=O)c1. The zero-order valence-electron chi connectivity index (χ0n) is 7.90. The van der Waals surface area contributed by atoms with Crippen LogP contribution in [0.25, 0.3) is 0 Å². The van der Waals surface area contributed by atoms with Crippen molar-refractivity contribution in [3.05, 3.63) is 22.6 Å². The van der Waals surface area contributed by atoms with Crippen molar-refractivity contribution >= 4 is 5.69 Å². The van der Waals surface area contributed by atoms with Crippen LogP contribution in [0.4, 0.5) is 5.69 Å². The third-order valence-corrected chi connectivity index (χ3v) is 1.86. The molecule has 0 aromatic carbocycles. The monoisotopic (exact) mass is 182 g/mol. The van der Waals surface area contributed by atoms with E-state index in [1.165, 1.54) is 4.68 Å². The van der Waals surface area contributed by atoms with Crippen molar-refractivity contribution in [1.29, 1.82) is 0 Å². The van der Waals surface area contributed by atoms with Crippen molar-refractivity contribution in [3.63, 3.8) is 0 Å². The Morgan fingerprint density at radius 3 is 2.92 bits per heavy atom. The first-order valence-electron chi connectivity index (χ1n) is 4.09. The number of nitrogens with two attached hydrogens (primary N) is 1. The Hall–Kier alpha value is -1.36. The van der Waals surface area contributed by atoms with Gasteiger partial charge in [-0.3, -0.25) is 4.79 Å². The Morgan fingerprint density at radius 1 is 1.69 bits per heavy atom. The maximum Gasteiger partial charge on any atom is 0.268 e. The molecule has 1 heterocycles. The summed E-state index contributed by atoms with van der Waals surface area (Å²) >= 11 is 0. The molecule has 13 heavy (non-hydrogen) atoms. The van der Waals surface area contributed by atoms with E-state index in [-0.39, 0.29) is 5.56 Å². The molecule has 72 valence electrons. The van der Waals surface area contributed by atoms with Gasteiger partial charge in [0.05, 0.1) is 11.9 Å². The fraction of sp³-hybridized carbons (Fsp3) is 0.500. The average molecular weight is 182 g/mol. The molecule has 5 nitrogen and oxygen atoms in total. The number of aryl methyl sites for hydroxylation is 1. The van der Waals surface area contributed by atoms with Crippen molar-refractivity contribution in [2.24, 2.45) is 12.8 Å². The van der Waals surface area contributed by atoms with Gasteiger partial charge in [0.2, 0.25) is 0 Å². The van der Waals surface area contributed by atoms with Crippen molar-refractivity contribution in [2.75, 3.05) is 25.0 Å². The van der Waals surface area contributed by atoms with Crippen molar-refractivity contribution in [2.45, 2.75) is 0 Å². The summed E-state index contributed by atoms with van der Waals surface area (Å²) in [4.78, 5) is 13.1. The van der Waals surface area contributed by atoms with Crippen LogP contribution in [0.1, 0.15) is 0 Å². The Labute approximate surface area is 76.8 Å². The van der Waals surface area contributed by atoms with Crippen molar-refractivity contribution < 1.29 is 0 Å². The molecule has 0 saturated heterocycles. The fourth-order valence-corrected chi connectivity index (χ4v) is 0.991. The summed E-state index contributed by atoms with van der Waals surface area (Å²) in [7, 11) is 3.50. The molecule has 0 unspecified atom stereocenters. The first-order chi connectivity index (χ1) is 6.15. The van der Waals surface area contributed by atoms with E-state index in [4.69, 9.17) is 5.73 Å². The lowest BCUT2D eigenvalue weighted by Crippen LogP contribution is -2.27. The number of hydrogen-bond donors (Lipinski definition) is 1. The maximum atomic E-state index is 11.2. The lowest BCUT2D eigenvalue weighted by Gasteiger charge is -2.17. The topological polar surface area (TPSA) is 64.2 Å². The Morgan fingerprint density at radius 2 is 2.38 bits per heavy atom. The lowest BCUT2D eigenvalue weighted by atomic mass is 10.4. The van der Waals surface area contributed by atoms with Crippen LogP contribution in [0.3, 0.4) is 0 Å². The second kappa shape index (κ2) is 4.04. The predicted octanol–water partition coefficient (Wildman–Crippen LogP) is -0.825. The van der Waals surface area contributed by atoms with Gasteiger partial charge in [0.1, 0.15) is 0 Å². The standard InChI is InChI=1S/C8H14N4O/c1-11(4-3-9)7-5-8(13)12(2)10-6-7/h5-6H,3-4,9H2,1-2H3. The molecule has 0 amide bonds. The highest BCUT2D eigenvalue weighted by Gasteiger charge is 2.01. The predicted molar refractivity (Wildman–Crippen MR) is 51.8 cm³/mol. The van der Waals surface area contributed by atoms with E-state index in [2.05, 4.69) is 5.10 Å². The number of nitrogens with zero attached hydrogens (tertiary/aromatic N) is 3. The fourth-order valence-electron chi connectivity index (χ4n) is 0.991. The van der Waals surface area contributed by atoms with Gasteiger partial charge in [0.25, 0.3) is 5.56 Å². The summed E-state index contributed by atoms with van der Waals surface area (Å²) < 4.78 is 1.29. The van der Waals surface area contributed by atoms with E-state index in [1.54, 1.807) is 19.3 Å². The molecule has 1 aromatic rings. The van der Waals surface area contributed by atoms with E-state index >= 15 is 0 Å². The largest absolute Gasteiger partial charge is 0.372 e. The summed E-state index contributed by atoms with van der Waals surface area (Å²) in [5.74, 6) is 0. The van der Waals surface area contributed by atoms with E-state index in [0.29, 0.717) is 6.54 Å². The van der Waals surface area contributed by atoms with Crippen molar-refractivity contribution in [3.8, 4) is 0 Å². The van der Waals surface area contributed by atoms with Gasteiger partial charge < -0.3 is 10.6 Å². The summed E-state index contributed by atoms with van der Waals surface area (Å²) in [6.45, 7) is 1.28. The quantitative estimate of drug-likeness (QED) is 0.663. The molecule has 0 saturated carbocycles. The summed E-state index contributed by atoms with van der Waals surface area (Å²) in [5.41, 5.74) is 6.08. The smallest absolute Gasteiger partial charge is 0.268 e. The molecule has 1 aromatic heterocycles. The zero-order chi connectivity index (χ0) is 9.84. The molecule has 0 fully saturated rings. The first-order valence-corrected chi connectivity index (χ1v) is 4.09. The molecular weight excluding hydrogens is 168 g/mol. The molecule has 0 bridgehead atoms. The van der Waals surface area contributed by atoms with Crippen LogP contribution in [0, 0.1) is 0 Å². The number of anilines is 1. The molecule has 0 aliphatic rings. The highest BCUT2D eigenvalue weighted by atomic mass is 16.1. The molecule has 0 atom stereocenters. The van der Waals surface area contributed by atoms with Crippen molar-refractivity contribution in [1.82, 2.24) is 9.78 Å². The highest BCUT2D eigenvalue weighted by Crippen LogP contribution is 2.04. The normalized spacial score (nSPS) is 10.1. The summed E-state index contributed by atoms with van der Waals surface area (Å²) in [6, 6.07) is 1.54. The van der Waals surface area contributed by atoms with E-state index in [1.807, 2.05) is 11.9 Å². The van der Waals surface area contributed by atoms with Gasteiger partial charge in [0.15, 0.2) is 0 Å². The molecule has 0 aliphatic heterocycles. The van der Waals surface area contributed by atoms with Crippen LogP contribution >= 0.6 is 0 Å². The molecule has 0 spiro atoms. The van der Waals surface area contributed by atoms with Gasteiger partial charge in [-0.1, -0.05) is 0 Å². The number of aromatic nitrogens is 2. The van der Waals surface area contributed by atoms with Crippen LogP contribution in [-0.4, -0.2) is 29.9 Å². The van der Waals surface area contributed by atoms with Crippen LogP contribution in [-0.2, 0) is 7.05 Å². The first kappa shape index (κ1) is 9.73. The number of likely N-dealkylation sites (N-methyl/N-ethyl adjacent to an activating group) is 1. The summed E-state index contributed by atoms with van der Waals surface area (Å²) in [6.07, 6.45) is 1.65. The van der Waals surface area contributed by atoms with Crippen LogP contribution in [0.5, 0.6) is 0 Å². The summed E-state index contributed by atoms with van der Waals surface area (Å²) in [5, 5.41) is 3.90. The minimum atomic E-state index is -0.110. The van der Waals surface area contributed by atoms with Gasteiger partial charge in [-0.25, -0.2) is 4.68 Å². The van der Waals surface area contributed by atoms with E-state index in [9.17, 15) is 4.79 Å². The third kappa shape index (κ3) is 2.29. The van der Waals surface area contributed by atoms with E-state index in [0.717, 1.165) is 12.2 Å². The molecule has 0 radical (unpaired) electrons. The van der Waals surface area contributed by atoms with Crippen LogP contribution in [0.15, 0.2) is 17.1 Å². The minimum absolute atomic E-state index is 0.110. The second-order valence-electron chi connectivity index (χ2n) is 2.89. The van der Waals surface area contributed by atoms with Gasteiger partial charge in [0, 0.05) is 33.3 Å². The molecule has 2 N–H and O–H groups in total. The molecule has 1 rings (SSSR count). The number of rotatable bonds is 3. The highest BCUT2D eigenvalue weighted by molar-refractivity contribution is 5.41. The average Bonchev–Trinajstić information content (AvgIpc) is 2.10. The van der Waals surface area contributed by atoms with Gasteiger partial charge in [-0.15, -0.1) is 0 Å². The van der Waals surface area contributed by atoms with Crippen LogP contribution < -0.4 is 16.2 Å². The second-order valence-corrected chi connectivity index (χ2v) is 2.89. The molecular formula is C8H14N4O. The molecule has 0 aliphatic carbocycles. The van der Waals surface area contributed by atoms with Gasteiger partial charge in [-0.2, -0.15) is 5.10 Å². The Balaban J connectivity index is 2.90. The maximum absolute atomic E-state index is 11.2. The third-order valence-electron chi connectivity index (χ3n) is 1.86. The minimum Gasteiger partial charge on any atom is -0.372 e. The number of hydrogen-bond acceptors (Lipinski definition) is 4. The Bertz CT molecular complexity index is 333. The van der Waals surface area contributed by atoms with Crippen LogP contribution in [0.2, 0.25) is 0 Å².